The molecule has 1 aliphatic heterocycles. The molecule has 1 heterocycles. The molecule has 6 heteroatoms. The van der Waals surface area contributed by atoms with Crippen LogP contribution in [-0.2, 0) is 4.79 Å². The van der Waals surface area contributed by atoms with Gasteiger partial charge in [0.05, 0.1) is 6.42 Å². The molecule has 16 heavy (non-hydrogen) atoms. The van der Waals surface area contributed by atoms with Crippen molar-refractivity contribution in [2.75, 3.05) is 13.1 Å². The fourth-order valence-corrected chi connectivity index (χ4v) is 2.12. The highest BCUT2D eigenvalue weighted by atomic mass is 79.9. The van der Waals surface area contributed by atoms with Gasteiger partial charge in [0, 0.05) is 24.3 Å². The highest BCUT2D eigenvalue weighted by molar-refractivity contribution is 9.09. The van der Waals surface area contributed by atoms with Gasteiger partial charge in [-0.3, -0.25) is 4.79 Å². The van der Waals surface area contributed by atoms with Crippen molar-refractivity contribution in [2.45, 2.75) is 37.2 Å². The summed E-state index contributed by atoms with van der Waals surface area (Å²) in [4.78, 5) is 13.4. The summed E-state index contributed by atoms with van der Waals surface area (Å²) in [5, 5.41) is 0. The van der Waals surface area contributed by atoms with E-state index < -0.39 is 19.0 Å². The number of rotatable bonds is 2. The van der Waals surface area contributed by atoms with E-state index in [4.69, 9.17) is 0 Å². The van der Waals surface area contributed by atoms with E-state index in [0.717, 1.165) is 6.42 Å². The number of likely N-dealkylation sites (tertiary alicyclic amines) is 1. The Hall–Kier alpha value is -0.260. The van der Waals surface area contributed by atoms with Gasteiger partial charge >= 0.3 is 6.18 Å². The van der Waals surface area contributed by atoms with Crippen molar-refractivity contribution in [3.05, 3.63) is 0 Å². The predicted molar refractivity (Wildman–Crippen MR) is 58.4 cm³/mol. The molecule has 1 amide bonds. The Morgan fingerprint density at radius 1 is 1.50 bits per heavy atom. The fraction of sp³-hybridized carbons (Fsp3) is 0.900. The first-order valence-electron chi connectivity index (χ1n) is 5.28. The highest BCUT2D eigenvalue weighted by Gasteiger charge is 2.31. The highest BCUT2D eigenvalue weighted by Crippen LogP contribution is 2.26. The number of carbonyl (C=O) groups excluding carboxylic acids is 1. The molecule has 1 saturated heterocycles. The number of piperidine rings is 1. The van der Waals surface area contributed by atoms with Crippen LogP contribution in [0.2, 0.25) is 0 Å². The van der Waals surface area contributed by atoms with Crippen molar-refractivity contribution in [1.29, 1.82) is 0 Å². The number of hydrogen-bond donors (Lipinski definition) is 0. The van der Waals surface area contributed by atoms with Gasteiger partial charge in [-0.05, 0) is 12.3 Å². The lowest BCUT2D eigenvalue weighted by molar-refractivity contribution is -0.149. The first-order valence-corrected chi connectivity index (χ1v) is 6.20. The monoisotopic (exact) mass is 301 g/mol. The quantitative estimate of drug-likeness (QED) is 0.718. The Labute approximate surface area is 101 Å². The zero-order valence-corrected chi connectivity index (χ0v) is 10.6. The summed E-state index contributed by atoms with van der Waals surface area (Å²) in [6, 6.07) is 0. The van der Waals surface area contributed by atoms with E-state index in [9.17, 15) is 18.0 Å². The lowest BCUT2D eigenvalue weighted by atomic mass is 10.00. The van der Waals surface area contributed by atoms with E-state index in [0.29, 0.717) is 23.8 Å². The summed E-state index contributed by atoms with van der Waals surface area (Å²) in [6.45, 7) is 3.09. The van der Waals surface area contributed by atoms with Crippen molar-refractivity contribution in [2.24, 2.45) is 5.92 Å². The zero-order valence-electron chi connectivity index (χ0n) is 9.06. The van der Waals surface area contributed by atoms with Crippen LogP contribution in [0.1, 0.15) is 26.2 Å². The SMILES string of the molecule is CC1CN(C(=O)CCC(F)(F)F)CCC1Br. The topological polar surface area (TPSA) is 20.3 Å². The maximum absolute atomic E-state index is 11.9. The summed E-state index contributed by atoms with van der Waals surface area (Å²) in [5.74, 6) is -0.0906. The molecule has 0 aromatic rings. The van der Waals surface area contributed by atoms with E-state index in [2.05, 4.69) is 15.9 Å². The van der Waals surface area contributed by atoms with Gasteiger partial charge < -0.3 is 4.90 Å². The minimum atomic E-state index is -4.24. The average molecular weight is 302 g/mol. The van der Waals surface area contributed by atoms with Gasteiger partial charge in [-0.25, -0.2) is 0 Å². The second kappa shape index (κ2) is 5.38. The summed E-state index contributed by atoms with van der Waals surface area (Å²) < 4.78 is 35.8. The molecule has 94 valence electrons. The Morgan fingerprint density at radius 3 is 2.62 bits per heavy atom. The number of alkyl halides is 4. The van der Waals surface area contributed by atoms with E-state index in [1.165, 1.54) is 4.90 Å². The van der Waals surface area contributed by atoms with Gasteiger partial charge in [0.15, 0.2) is 0 Å². The van der Waals surface area contributed by atoms with Crippen LogP contribution in [-0.4, -0.2) is 34.9 Å². The Bertz CT molecular complexity index is 257. The molecule has 0 N–H and O–H groups in total. The van der Waals surface area contributed by atoms with Gasteiger partial charge in [-0.2, -0.15) is 13.2 Å². The molecule has 2 atom stereocenters. The van der Waals surface area contributed by atoms with Gasteiger partial charge in [-0.1, -0.05) is 22.9 Å². The van der Waals surface area contributed by atoms with E-state index in [1.54, 1.807) is 0 Å². The summed E-state index contributed by atoms with van der Waals surface area (Å²) in [5.41, 5.74) is 0. The molecule has 0 aromatic heterocycles. The Kier molecular flexibility index (Phi) is 4.64. The summed E-state index contributed by atoms with van der Waals surface area (Å²) >= 11 is 3.48. The number of amides is 1. The first-order chi connectivity index (χ1) is 7.29. The molecule has 0 aromatic carbocycles. The molecule has 2 nitrogen and oxygen atoms in total. The molecule has 0 spiro atoms. The molecule has 1 aliphatic rings. The molecule has 0 bridgehead atoms. The number of hydrogen-bond acceptors (Lipinski definition) is 1. The maximum Gasteiger partial charge on any atom is 0.389 e. The van der Waals surface area contributed by atoms with Crippen LogP contribution in [0.4, 0.5) is 13.2 Å². The third-order valence-corrected chi connectivity index (χ3v) is 4.14. The van der Waals surface area contributed by atoms with Gasteiger partial charge in [0.1, 0.15) is 0 Å². The Balaban J connectivity index is 2.38. The number of halogens is 4. The van der Waals surface area contributed by atoms with Crippen molar-refractivity contribution < 1.29 is 18.0 Å². The molecular formula is C10H15BrF3NO. The second-order valence-electron chi connectivity index (χ2n) is 4.24. The smallest absolute Gasteiger partial charge is 0.342 e. The molecular weight excluding hydrogens is 287 g/mol. The summed E-state index contributed by atoms with van der Waals surface area (Å²) in [7, 11) is 0. The average Bonchev–Trinajstić information content (AvgIpc) is 2.17. The van der Waals surface area contributed by atoms with Crippen LogP contribution in [0.15, 0.2) is 0 Å². The van der Waals surface area contributed by atoms with Crippen LogP contribution in [0.25, 0.3) is 0 Å². The van der Waals surface area contributed by atoms with Gasteiger partial charge in [0.2, 0.25) is 5.91 Å². The van der Waals surface area contributed by atoms with E-state index in [1.807, 2.05) is 6.92 Å². The second-order valence-corrected chi connectivity index (χ2v) is 5.41. The van der Waals surface area contributed by atoms with Crippen LogP contribution in [0.5, 0.6) is 0 Å². The van der Waals surface area contributed by atoms with Crippen molar-refractivity contribution in [1.82, 2.24) is 4.90 Å². The van der Waals surface area contributed by atoms with E-state index >= 15 is 0 Å². The maximum atomic E-state index is 11.9. The third kappa shape index (κ3) is 4.31. The number of carbonyl (C=O) groups is 1. The number of nitrogens with zero attached hydrogens (tertiary/aromatic N) is 1. The van der Waals surface area contributed by atoms with Gasteiger partial charge in [-0.15, -0.1) is 0 Å². The summed E-state index contributed by atoms with van der Waals surface area (Å²) in [6.07, 6.45) is -4.88. The minimum Gasteiger partial charge on any atom is -0.342 e. The van der Waals surface area contributed by atoms with Crippen LogP contribution >= 0.6 is 15.9 Å². The predicted octanol–water partition coefficient (Wildman–Crippen LogP) is 2.96. The van der Waals surface area contributed by atoms with Crippen LogP contribution in [0, 0.1) is 5.92 Å². The molecule has 1 rings (SSSR count). The molecule has 2 unspecified atom stereocenters. The third-order valence-electron chi connectivity index (χ3n) is 2.78. The van der Waals surface area contributed by atoms with Crippen molar-refractivity contribution >= 4 is 21.8 Å². The fourth-order valence-electron chi connectivity index (χ4n) is 1.75. The lowest BCUT2D eigenvalue weighted by Gasteiger charge is -2.34. The van der Waals surface area contributed by atoms with Crippen molar-refractivity contribution in [3.63, 3.8) is 0 Å². The van der Waals surface area contributed by atoms with Crippen molar-refractivity contribution in [3.8, 4) is 0 Å². The molecule has 1 fully saturated rings. The normalized spacial score (nSPS) is 26.9. The first kappa shape index (κ1) is 13.8. The molecule has 0 saturated carbocycles. The standard InChI is InChI=1S/C10H15BrF3NO/c1-7-6-15(5-3-8(7)11)9(16)2-4-10(12,13)14/h7-8H,2-6H2,1H3. The lowest BCUT2D eigenvalue weighted by Crippen LogP contribution is -2.43. The largest absolute Gasteiger partial charge is 0.389 e. The molecule has 0 radical (unpaired) electrons. The minimum absolute atomic E-state index is 0.295. The van der Waals surface area contributed by atoms with Crippen LogP contribution in [0.3, 0.4) is 0 Å². The van der Waals surface area contributed by atoms with Gasteiger partial charge in [0.25, 0.3) is 0 Å². The molecule has 0 aliphatic carbocycles. The zero-order chi connectivity index (χ0) is 12.3. The van der Waals surface area contributed by atoms with Crippen LogP contribution < -0.4 is 0 Å². The van der Waals surface area contributed by atoms with E-state index in [-0.39, 0.29) is 5.91 Å². The Morgan fingerprint density at radius 2 is 2.12 bits per heavy atom.